The van der Waals surface area contributed by atoms with Gasteiger partial charge in [-0.2, -0.15) is 0 Å². The number of hydrogen-bond acceptors (Lipinski definition) is 5. The molecule has 0 aliphatic rings. The molecule has 2 aromatic carbocycles. The predicted molar refractivity (Wildman–Crippen MR) is 120 cm³/mol. The van der Waals surface area contributed by atoms with Gasteiger partial charge in [0.2, 0.25) is 0 Å². The zero-order valence-electron chi connectivity index (χ0n) is 15.8. The first-order valence-electron chi connectivity index (χ1n) is 9.40. The van der Waals surface area contributed by atoms with Crippen LogP contribution >= 0.6 is 22.7 Å². The highest BCUT2D eigenvalue weighted by Crippen LogP contribution is 2.30. The number of nitrogens with one attached hydrogen (secondary N) is 1. The molecule has 144 valence electrons. The molecule has 3 heterocycles. The van der Waals surface area contributed by atoms with E-state index in [4.69, 9.17) is 0 Å². The second kappa shape index (κ2) is 7.42. The summed E-state index contributed by atoms with van der Waals surface area (Å²) >= 11 is 3.09. The summed E-state index contributed by atoms with van der Waals surface area (Å²) in [5.41, 5.74) is 3.63. The summed E-state index contributed by atoms with van der Waals surface area (Å²) in [6, 6.07) is 18.4. The van der Waals surface area contributed by atoms with Crippen LogP contribution in [0.2, 0.25) is 0 Å². The van der Waals surface area contributed by atoms with Crippen LogP contribution in [-0.4, -0.2) is 20.4 Å². The number of carbonyl (C=O) groups is 1. The summed E-state index contributed by atoms with van der Waals surface area (Å²) in [5, 5.41) is 7.69. The number of amides is 1. The van der Waals surface area contributed by atoms with Crippen LogP contribution in [0, 0.1) is 0 Å². The lowest BCUT2D eigenvalue weighted by Crippen LogP contribution is -2.23. The van der Waals surface area contributed by atoms with Gasteiger partial charge >= 0.3 is 0 Å². The van der Waals surface area contributed by atoms with Crippen LogP contribution in [0.5, 0.6) is 0 Å². The van der Waals surface area contributed by atoms with Crippen molar-refractivity contribution in [1.82, 2.24) is 19.9 Å². The lowest BCUT2D eigenvalue weighted by molar-refractivity contribution is 0.0946. The van der Waals surface area contributed by atoms with E-state index in [1.54, 1.807) is 11.3 Å². The van der Waals surface area contributed by atoms with Gasteiger partial charge in [0, 0.05) is 22.8 Å². The summed E-state index contributed by atoms with van der Waals surface area (Å²) in [7, 11) is 0. The highest BCUT2D eigenvalue weighted by molar-refractivity contribution is 7.18. The summed E-state index contributed by atoms with van der Waals surface area (Å²) < 4.78 is 3.36. The number of nitrogens with zero attached hydrogens (tertiary/aromatic N) is 3. The molecule has 0 aliphatic carbocycles. The molecule has 5 rings (SSSR count). The molecule has 3 aromatic heterocycles. The molecule has 0 saturated carbocycles. The Morgan fingerprint density at radius 1 is 1.10 bits per heavy atom. The zero-order chi connectivity index (χ0) is 19.8. The maximum Gasteiger partial charge on any atom is 0.271 e. The average molecular weight is 419 g/mol. The smallest absolute Gasteiger partial charge is 0.271 e. The monoisotopic (exact) mass is 418 g/mol. The Morgan fingerprint density at radius 2 is 1.93 bits per heavy atom. The third-order valence-electron chi connectivity index (χ3n) is 4.82. The number of benzene rings is 2. The van der Waals surface area contributed by atoms with E-state index in [9.17, 15) is 4.79 Å². The van der Waals surface area contributed by atoms with Gasteiger partial charge in [0.15, 0.2) is 0 Å². The molecule has 0 atom stereocenters. The Bertz CT molecular complexity index is 1300. The van der Waals surface area contributed by atoms with Crippen LogP contribution in [0.1, 0.15) is 22.4 Å². The minimum atomic E-state index is -0.175. The zero-order valence-corrected chi connectivity index (χ0v) is 17.4. The fourth-order valence-electron chi connectivity index (χ4n) is 3.47. The van der Waals surface area contributed by atoms with Crippen LogP contribution in [0.15, 0.2) is 60.0 Å². The van der Waals surface area contributed by atoms with Crippen molar-refractivity contribution < 1.29 is 4.79 Å². The van der Waals surface area contributed by atoms with Crippen molar-refractivity contribution in [1.29, 1.82) is 0 Å². The lowest BCUT2D eigenvalue weighted by atomic mass is 10.2. The van der Waals surface area contributed by atoms with Crippen molar-refractivity contribution in [3.63, 3.8) is 0 Å². The Labute approximate surface area is 175 Å². The second-order valence-electron chi connectivity index (χ2n) is 6.63. The van der Waals surface area contributed by atoms with E-state index in [0.717, 1.165) is 32.5 Å². The molecular formula is C22H18N4OS2. The van der Waals surface area contributed by atoms with Gasteiger partial charge in [-0.25, -0.2) is 9.97 Å². The van der Waals surface area contributed by atoms with Crippen molar-refractivity contribution in [2.24, 2.45) is 0 Å². The van der Waals surface area contributed by atoms with Gasteiger partial charge in [0.1, 0.15) is 15.7 Å². The molecule has 5 nitrogen and oxygen atoms in total. The number of fused-ring (bicyclic) bond motifs is 2. The molecule has 0 unspecified atom stereocenters. The fourth-order valence-corrected chi connectivity index (χ4v) is 5.20. The number of aryl methyl sites for hydroxylation is 1. The quantitative estimate of drug-likeness (QED) is 0.420. The van der Waals surface area contributed by atoms with Crippen molar-refractivity contribution in [2.45, 2.75) is 20.0 Å². The molecule has 0 spiro atoms. The highest BCUT2D eigenvalue weighted by atomic mass is 32.1. The largest absolute Gasteiger partial charge is 0.344 e. The van der Waals surface area contributed by atoms with Crippen LogP contribution < -0.4 is 5.32 Å². The molecular weight excluding hydrogens is 400 g/mol. The third-order valence-corrected chi connectivity index (χ3v) is 6.72. The first-order valence-corrected chi connectivity index (χ1v) is 11.1. The molecule has 0 fully saturated rings. The Kier molecular flexibility index (Phi) is 4.61. The van der Waals surface area contributed by atoms with Crippen LogP contribution in [0.3, 0.4) is 0 Å². The van der Waals surface area contributed by atoms with E-state index in [1.165, 1.54) is 22.2 Å². The van der Waals surface area contributed by atoms with E-state index < -0.39 is 0 Å². The number of thiazole rings is 2. The van der Waals surface area contributed by atoms with E-state index in [0.29, 0.717) is 12.2 Å². The number of aromatic nitrogens is 3. The Hall–Kier alpha value is -3.03. The highest BCUT2D eigenvalue weighted by Gasteiger charge is 2.16. The molecule has 1 N–H and O–H groups in total. The van der Waals surface area contributed by atoms with Crippen LogP contribution in [0.4, 0.5) is 0 Å². The number of rotatable bonds is 5. The first-order chi connectivity index (χ1) is 14.2. The molecule has 7 heteroatoms. The van der Waals surface area contributed by atoms with Gasteiger partial charge in [0.25, 0.3) is 5.91 Å². The van der Waals surface area contributed by atoms with Crippen molar-refractivity contribution in [3.05, 3.63) is 70.7 Å². The van der Waals surface area contributed by atoms with Gasteiger partial charge in [-0.3, -0.25) is 4.79 Å². The minimum absolute atomic E-state index is 0.175. The van der Waals surface area contributed by atoms with Gasteiger partial charge < -0.3 is 9.88 Å². The summed E-state index contributed by atoms with van der Waals surface area (Å²) in [5.74, 6) is -0.175. The van der Waals surface area contributed by atoms with E-state index >= 15 is 0 Å². The fraction of sp³-hybridized carbons (Fsp3) is 0.136. The van der Waals surface area contributed by atoms with E-state index in [-0.39, 0.29) is 5.91 Å². The maximum atomic E-state index is 12.6. The van der Waals surface area contributed by atoms with E-state index in [1.807, 2.05) is 41.8 Å². The number of para-hydroxylation sites is 2. The number of carbonyl (C=O) groups excluding carboxylic acids is 1. The molecule has 0 radical (unpaired) electrons. The topological polar surface area (TPSA) is 59.8 Å². The molecule has 1 amide bonds. The number of hydrogen-bond donors (Lipinski definition) is 1. The third kappa shape index (κ3) is 3.32. The van der Waals surface area contributed by atoms with Gasteiger partial charge in [-0.05, 0) is 31.2 Å². The van der Waals surface area contributed by atoms with E-state index in [2.05, 4.69) is 45.0 Å². The molecule has 0 aliphatic heterocycles. The molecule has 5 aromatic rings. The van der Waals surface area contributed by atoms with Crippen molar-refractivity contribution in [2.75, 3.05) is 0 Å². The molecule has 29 heavy (non-hydrogen) atoms. The van der Waals surface area contributed by atoms with Gasteiger partial charge in [-0.15, -0.1) is 22.7 Å². The summed E-state index contributed by atoms with van der Waals surface area (Å²) in [6.07, 6.45) is 0. The Morgan fingerprint density at radius 3 is 2.79 bits per heavy atom. The summed E-state index contributed by atoms with van der Waals surface area (Å²) in [4.78, 5) is 21.8. The second-order valence-corrected chi connectivity index (χ2v) is 8.60. The maximum absolute atomic E-state index is 12.6. The van der Waals surface area contributed by atoms with Crippen LogP contribution in [0.25, 0.3) is 31.8 Å². The first kappa shape index (κ1) is 18.0. The van der Waals surface area contributed by atoms with Gasteiger partial charge in [-0.1, -0.05) is 30.3 Å². The summed E-state index contributed by atoms with van der Waals surface area (Å²) in [6.45, 7) is 3.37. The standard InChI is InChI=1S/C22H18N4OS2/c1-2-26-17-9-5-3-7-14(17)11-18(26)22-25-16(13-28-22)21(27)23-12-20-24-15-8-4-6-10-19(15)29-20/h3-11,13H,2,12H2,1H3,(H,23,27). The van der Waals surface area contributed by atoms with Gasteiger partial charge in [0.05, 0.1) is 22.5 Å². The lowest BCUT2D eigenvalue weighted by Gasteiger charge is -2.05. The molecule has 0 bridgehead atoms. The van der Waals surface area contributed by atoms with Crippen molar-refractivity contribution >= 4 is 49.7 Å². The predicted octanol–water partition coefficient (Wildman–Crippen LogP) is 5.32. The normalized spacial score (nSPS) is 11.3. The Balaban J connectivity index is 1.36. The SMILES string of the molecule is CCn1c(-c2nc(C(=O)NCc3nc4ccccc4s3)cs2)cc2ccccc21. The average Bonchev–Trinajstić information content (AvgIpc) is 3.47. The van der Waals surface area contributed by atoms with Crippen LogP contribution in [-0.2, 0) is 13.1 Å². The van der Waals surface area contributed by atoms with Crippen molar-refractivity contribution in [3.8, 4) is 10.7 Å². The minimum Gasteiger partial charge on any atom is -0.344 e. The molecule has 0 saturated heterocycles.